The van der Waals surface area contributed by atoms with Crippen LogP contribution in [0.5, 0.6) is 0 Å². The standard InChI is InChI=1S/C15H18N2OS/c1-3-16-15(18)12-6-4-7-13(10-12)17-11(2)14-8-5-9-19-14/h4-11,17H,3H2,1-2H3,(H,16,18). The van der Waals surface area contributed by atoms with E-state index in [1.807, 2.05) is 37.3 Å². The van der Waals surface area contributed by atoms with Crippen LogP contribution in [0.2, 0.25) is 0 Å². The van der Waals surface area contributed by atoms with Crippen molar-refractivity contribution >= 4 is 22.9 Å². The van der Waals surface area contributed by atoms with Gasteiger partial charge in [-0.15, -0.1) is 11.3 Å². The number of thiophene rings is 1. The largest absolute Gasteiger partial charge is 0.378 e. The van der Waals surface area contributed by atoms with Crippen molar-refractivity contribution in [3.8, 4) is 0 Å². The highest BCUT2D eigenvalue weighted by Crippen LogP contribution is 2.23. The quantitative estimate of drug-likeness (QED) is 0.873. The van der Waals surface area contributed by atoms with Gasteiger partial charge in [0.05, 0.1) is 6.04 Å². The molecule has 0 saturated carbocycles. The summed E-state index contributed by atoms with van der Waals surface area (Å²) in [5.41, 5.74) is 1.65. The predicted octanol–water partition coefficient (Wildman–Crippen LogP) is 3.67. The van der Waals surface area contributed by atoms with E-state index in [-0.39, 0.29) is 11.9 Å². The predicted molar refractivity (Wildman–Crippen MR) is 80.8 cm³/mol. The smallest absolute Gasteiger partial charge is 0.251 e. The molecule has 2 rings (SSSR count). The molecule has 0 bridgehead atoms. The Morgan fingerprint density at radius 1 is 1.32 bits per heavy atom. The van der Waals surface area contributed by atoms with Gasteiger partial charge in [-0.25, -0.2) is 0 Å². The topological polar surface area (TPSA) is 41.1 Å². The number of carbonyl (C=O) groups is 1. The van der Waals surface area contributed by atoms with Gasteiger partial charge in [-0.3, -0.25) is 4.79 Å². The molecule has 0 saturated heterocycles. The average Bonchev–Trinajstić information content (AvgIpc) is 2.93. The maximum absolute atomic E-state index is 11.8. The van der Waals surface area contributed by atoms with E-state index in [0.29, 0.717) is 12.1 Å². The summed E-state index contributed by atoms with van der Waals surface area (Å²) in [7, 11) is 0. The Morgan fingerprint density at radius 2 is 2.16 bits per heavy atom. The van der Waals surface area contributed by atoms with E-state index in [1.165, 1.54) is 4.88 Å². The lowest BCUT2D eigenvalue weighted by molar-refractivity contribution is 0.0956. The zero-order chi connectivity index (χ0) is 13.7. The van der Waals surface area contributed by atoms with Crippen LogP contribution >= 0.6 is 11.3 Å². The normalized spacial score (nSPS) is 11.9. The van der Waals surface area contributed by atoms with Crippen LogP contribution < -0.4 is 10.6 Å². The Kier molecular flexibility index (Phi) is 4.58. The van der Waals surface area contributed by atoms with Crippen LogP contribution in [0.3, 0.4) is 0 Å². The van der Waals surface area contributed by atoms with Crippen molar-refractivity contribution in [1.82, 2.24) is 5.32 Å². The van der Waals surface area contributed by atoms with Gasteiger partial charge in [-0.2, -0.15) is 0 Å². The summed E-state index contributed by atoms with van der Waals surface area (Å²) in [5, 5.41) is 8.29. The summed E-state index contributed by atoms with van der Waals surface area (Å²) in [6.45, 7) is 4.67. The van der Waals surface area contributed by atoms with E-state index in [1.54, 1.807) is 11.3 Å². The zero-order valence-electron chi connectivity index (χ0n) is 11.1. The molecule has 100 valence electrons. The number of anilines is 1. The van der Waals surface area contributed by atoms with E-state index in [0.717, 1.165) is 5.69 Å². The van der Waals surface area contributed by atoms with Crippen molar-refractivity contribution in [1.29, 1.82) is 0 Å². The van der Waals surface area contributed by atoms with Crippen LogP contribution in [0.1, 0.15) is 35.1 Å². The Morgan fingerprint density at radius 3 is 2.84 bits per heavy atom. The van der Waals surface area contributed by atoms with E-state index in [2.05, 4.69) is 29.0 Å². The van der Waals surface area contributed by atoms with Crippen LogP contribution in [-0.4, -0.2) is 12.5 Å². The molecule has 1 unspecified atom stereocenters. The highest BCUT2D eigenvalue weighted by atomic mass is 32.1. The maximum atomic E-state index is 11.8. The van der Waals surface area contributed by atoms with E-state index in [4.69, 9.17) is 0 Å². The number of hydrogen-bond acceptors (Lipinski definition) is 3. The first-order valence-corrected chi connectivity index (χ1v) is 7.27. The van der Waals surface area contributed by atoms with Crippen molar-refractivity contribution in [2.24, 2.45) is 0 Å². The van der Waals surface area contributed by atoms with E-state index >= 15 is 0 Å². The van der Waals surface area contributed by atoms with Gasteiger partial charge in [0.1, 0.15) is 0 Å². The van der Waals surface area contributed by atoms with Gasteiger partial charge in [-0.05, 0) is 43.5 Å². The van der Waals surface area contributed by atoms with Gasteiger partial charge < -0.3 is 10.6 Å². The molecule has 0 aliphatic carbocycles. The fourth-order valence-corrected chi connectivity index (χ4v) is 2.61. The average molecular weight is 274 g/mol. The summed E-state index contributed by atoms with van der Waals surface area (Å²) < 4.78 is 0. The van der Waals surface area contributed by atoms with Gasteiger partial charge in [-0.1, -0.05) is 12.1 Å². The number of rotatable bonds is 5. The van der Waals surface area contributed by atoms with Crippen molar-refractivity contribution in [2.45, 2.75) is 19.9 Å². The molecule has 0 spiro atoms. The molecule has 1 amide bonds. The summed E-state index contributed by atoms with van der Waals surface area (Å²) in [6, 6.07) is 12.0. The Hall–Kier alpha value is -1.81. The number of carbonyl (C=O) groups excluding carboxylic acids is 1. The lowest BCUT2D eigenvalue weighted by atomic mass is 10.1. The first-order valence-electron chi connectivity index (χ1n) is 6.39. The first kappa shape index (κ1) is 13.6. The third-order valence-electron chi connectivity index (χ3n) is 2.82. The summed E-state index contributed by atoms with van der Waals surface area (Å²) >= 11 is 1.73. The van der Waals surface area contributed by atoms with Crippen molar-refractivity contribution < 1.29 is 4.79 Å². The van der Waals surface area contributed by atoms with Crippen LogP contribution in [0, 0.1) is 0 Å². The highest BCUT2D eigenvalue weighted by molar-refractivity contribution is 7.10. The minimum absolute atomic E-state index is 0.0325. The van der Waals surface area contributed by atoms with E-state index < -0.39 is 0 Å². The third-order valence-corrected chi connectivity index (χ3v) is 3.87. The molecule has 4 heteroatoms. The van der Waals surface area contributed by atoms with E-state index in [9.17, 15) is 4.79 Å². The Balaban J connectivity index is 2.09. The Bertz CT molecular complexity index is 537. The van der Waals surface area contributed by atoms with Crippen molar-refractivity contribution in [2.75, 3.05) is 11.9 Å². The highest BCUT2D eigenvalue weighted by Gasteiger charge is 2.08. The number of amides is 1. The second-order valence-corrected chi connectivity index (χ2v) is 5.30. The molecule has 0 fully saturated rings. The van der Waals surface area contributed by atoms with Crippen LogP contribution in [0.4, 0.5) is 5.69 Å². The summed E-state index contributed by atoms with van der Waals surface area (Å²) in [5.74, 6) is -0.0325. The minimum atomic E-state index is -0.0325. The summed E-state index contributed by atoms with van der Waals surface area (Å²) in [4.78, 5) is 13.1. The van der Waals surface area contributed by atoms with Crippen molar-refractivity contribution in [3.05, 3.63) is 52.2 Å². The first-order chi connectivity index (χ1) is 9.20. The molecule has 2 aromatic rings. The second kappa shape index (κ2) is 6.38. The molecule has 1 aromatic carbocycles. The van der Waals surface area contributed by atoms with Gasteiger partial charge in [0.25, 0.3) is 5.91 Å². The molecule has 0 radical (unpaired) electrons. The zero-order valence-corrected chi connectivity index (χ0v) is 12.0. The molecule has 2 N–H and O–H groups in total. The van der Waals surface area contributed by atoms with Gasteiger partial charge in [0.2, 0.25) is 0 Å². The number of benzene rings is 1. The monoisotopic (exact) mass is 274 g/mol. The minimum Gasteiger partial charge on any atom is -0.378 e. The maximum Gasteiger partial charge on any atom is 0.251 e. The summed E-state index contributed by atoms with van der Waals surface area (Å²) in [6.07, 6.45) is 0. The SMILES string of the molecule is CCNC(=O)c1cccc(NC(C)c2cccs2)c1. The lowest BCUT2D eigenvalue weighted by Crippen LogP contribution is -2.22. The third kappa shape index (κ3) is 3.58. The fourth-order valence-electron chi connectivity index (χ4n) is 1.87. The van der Waals surface area contributed by atoms with Crippen LogP contribution in [0.15, 0.2) is 41.8 Å². The molecule has 1 aromatic heterocycles. The van der Waals surface area contributed by atoms with Gasteiger partial charge >= 0.3 is 0 Å². The second-order valence-electron chi connectivity index (χ2n) is 4.32. The molecule has 0 aliphatic heterocycles. The molecular weight excluding hydrogens is 256 g/mol. The van der Waals surface area contributed by atoms with Crippen molar-refractivity contribution in [3.63, 3.8) is 0 Å². The molecule has 0 aliphatic rings. The van der Waals surface area contributed by atoms with Crippen LogP contribution in [0.25, 0.3) is 0 Å². The fraction of sp³-hybridized carbons (Fsp3) is 0.267. The molecule has 3 nitrogen and oxygen atoms in total. The Labute approximate surface area is 117 Å². The lowest BCUT2D eigenvalue weighted by Gasteiger charge is -2.14. The number of nitrogens with one attached hydrogen (secondary N) is 2. The molecule has 1 heterocycles. The van der Waals surface area contributed by atoms with Gasteiger partial charge in [0, 0.05) is 22.7 Å². The molecular formula is C15H18N2OS. The number of hydrogen-bond donors (Lipinski definition) is 2. The molecule has 19 heavy (non-hydrogen) atoms. The van der Waals surface area contributed by atoms with Gasteiger partial charge in [0.15, 0.2) is 0 Å². The van der Waals surface area contributed by atoms with Crippen LogP contribution in [-0.2, 0) is 0 Å². The molecule has 1 atom stereocenters.